The Hall–Kier alpha value is -1.63. The molecule has 3 atom stereocenters. The molecule has 1 aromatic carbocycles. The zero-order chi connectivity index (χ0) is 20.8. The summed E-state index contributed by atoms with van der Waals surface area (Å²) in [6.45, 7) is 4.72. The van der Waals surface area contributed by atoms with Crippen molar-refractivity contribution in [2.45, 2.75) is 64.3 Å². The van der Waals surface area contributed by atoms with Crippen LogP contribution in [0.3, 0.4) is 0 Å². The maximum atomic E-state index is 12.5. The lowest BCUT2D eigenvalue weighted by atomic mass is 9.77. The minimum absolute atomic E-state index is 0.0245. The molecule has 0 radical (unpaired) electrons. The van der Waals surface area contributed by atoms with Crippen LogP contribution in [-0.2, 0) is 30.5 Å². The number of benzene rings is 1. The fourth-order valence-corrected chi connectivity index (χ4v) is 4.48. The van der Waals surface area contributed by atoms with Gasteiger partial charge in [0, 0.05) is 18.4 Å². The number of carboxylic acid groups (broad SMARTS) is 1. The largest absolute Gasteiger partial charge is 0.478 e. The molecular weight excluding hydrogens is 407 g/mol. The van der Waals surface area contributed by atoms with Gasteiger partial charge in [-0.15, -0.1) is 0 Å². The average Bonchev–Trinajstić information content (AvgIpc) is 3.01. The molecule has 2 aliphatic rings. The van der Waals surface area contributed by atoms with Crippen LogP contribution in [0.1, 0.15) is 68.7 Å². The van der Waals surface area contributed by atoms with E-state index in [2.05, 4.69) is 0 Å². The molecule has 6 nitrogen and oxygen atoms in total. The summed E-state index contributed by atoms with van der Waals surface area (Å²) in [5, 5.41) is 9.64. The van der Waals surface area contributed by atoms with E-state index < -0.39 is 23.6 Å². The number of rotatable bonds is 4. The maximum absolute atomic E-state index is 12.5. The molecule has 0 bridgehead atoms. The summed E-state index contributed by atoms with van der Waals surface area (Å²) < 4.78 is 10.7. The van der Waals surface area contributed by atoms with Gasteiger partial charge in [0.15, 0.2) is 6.10 Å². The first-order chi connectivity index (χ1) is 13.0. The van der Waals surface area contributed by atoms with Gasteiger partial charge in [-0.05, 0) is 43.2 Å². The van der Waals surface area contributed by atoms with Gasteiger partial charge in [-0.2, -0.15) is 0 Å². The number of aliphatic carboxylic acids is 1. The fraction of sp³-hybridized carbons (Fsp3) is 0.550. The van der Waals surface area contributed by atoms with Crippen molar-refractivity contribution in [2.24, 2.45) is 5.92 Å². The highest BCUT2D eigenvalue weighted by molar-refractivity contribution is 6.43. The van der Waals surface area contributed by atoms with Crippen molar-refractivity contribution in [1.82, 2.24) is 0 Å². The maximum Gasteiger partial charge on any atom is 0.347 e. The first-order valence-electron chi connectivity index (χ1n) is 9.11. The molecule has 3 unspecified atom stereocenters. The number of ketones is 1. The summed E-state index contributed by atoms with van der Waals surface area (Å²) in [7, 11) is 0. The van der Waals surface area contributed by atoms with Crippen LogP contribution >= 0.6 is 23.2 Å². The Morgan fingerprint density at radius 3 is 2.54 bits per heavy atom. The van der Waals surface area contributed by atoms with E-state index in [-0.39, 0.29) is 29.2 Å². The third kappa shape index (κ3) is 3.91. The SMILES string of the molecule is CC1CC(=O)CC(c2cc3c(c(Cl)c2Cl)C(C(=O)OC(C)(C)C(=O)O)OC3)C1. The summed E-state index contributed by atoms with van der Waals surface area (Å²) in [6, 6.07) is 1.84. The number of ether oxygens (including phenoxy) is 2. The van der Waals surface area contributed by atoms with Crippen LogP contribution in [0.25, 0.3) is 0 Å². The Morgan fingerprint density at radius 2 is 1.93 bits per heavy atom. The molecule has 28 heavy (non-hydrogen) atoms. The molecule has 8 heteroatoms. The van der Waals surface area contributed by atoms with E-state index in [1.807, 2.05) is 13.0 Å². The highest BCUT2D eigenvalue weighted by Crippen LogP contribution is 2.47. The molecule has 1 N–H and O–H groups in total. The van der Waals surface area contributed by atoms with Gasteiger partial charge in [-0.3, -0.25) is 4.79 Å². The van der Waals surface area contributed by atoms with Crippen LogP contribution in [0.4, 0.5) is 0 Å². The number of carbonyl (C=O) groups excluding carboxylic acids is 2. The van der Waals surface area contributed by atoms with Crippen LogP contribution in [0, 0.1) is 5.92 Å². The molecule has 1 fully saturated rings. The monoisotopic (exact) mass is 428 g/mol. The van der Waals surface area contributed by atoms with Crippen molar-refractivity contribution < 1.29 is 29.0 Å². The standard InChI is InChI=1S/C20H22Cl2O6/c1-9-4-10(6-12(23)5-9)13-7-11-8-27-17(14(11)16(22)15(13)21)18(24)28-20(2,3)19(25)26/h7,9-10,17H,4-6,8H2,1-3H3,(H,25,26). The van der Waals surface area contributed by atoms with Gasteiger partial charge in [0.1, 0.15) is 5.78 Å². The second kappa shape index (κ2) is 7.65. The molecular formula is C20H22Cl2O6. The molecule has 0 amide bonds. The highest BCUT2D eigenvalue weighted by atomic mass is 35.5. The number of hydrogen-bond acceptors (Lipinski definition) is 5. The van der Waals surface area contributed by atoms with Gasteiger partial charge < -0.3 is 14.6 Å². The van der Waals surface area contributed by atoms with Crippen LogP contribution in [-0.4, -0.2) is 28.4 Å². The Bertz CT molecular complexity index is 848. The predicted octanol–water partition coefficient (Wildman–Crippen LogP) is 4.44. The predicted molar refractivity (Wildman–Crippen MR) is 103 cm³/mol. The highest BCUT2D eigenvalue weighted by Gasteiger charge is 2.41. The van der Waals surface area contributed by atoms with E-state index in [4.69, 9.17) is 37.8 Å². The van der Waals surface area contributed by atoms with Crippen molar-refractivity contribution >= 4 is 40.9 Å². The first-order valence-corrected chi connectivity index (χ1v) is 9.87. The second-order valence-corrected chi connectivity index (χ2v) is 8.83. The van der Waals surface area contributed by atoms with Gasteiger partial charge in [0.2, 0.25) is 5.60 Å². The molecule has 0 saturated heterocycles. The molecule has 0 spiro atoms. The third-order valence-corrected chi connectivity index (χ3v) is 6.18. The molecule has 1 heterocycles. The lowest BCUT2D eigenvalue weighted by Crippen LogP contribution is -2.38. The van der Waals surface area contributed by atoms with E-state index in [1.54, 1.807) is 0 Å². The van der Waals surface area contributed by atoms with Gasteiger partial charge >= 0.3 is 11.9 Å². The number of fused-ring (bicyclic) bond motifs is 1. The van der Waals surface area contributed by atoms with Gasteiger partial charge in [0.05, 0.1) is 16.7 Å². The van der Waals surface area contributed by atoms with Crippen molar-refractivity contribution in [3.63, 3.8) is 0 Å². The summed E-state index contributed by atoms with van der Waals surface area (Å²) in [5.41, 5.74) is 0.189. The van der Waals surface area contributed by atoms with Gasteiger partial charge in [-0.1, -0.05) is 36.2 Å². The van der Waals surface area contributed by atoms with E-state index >= 15 is 0 Å². The van der Waals surface area contributed by atoms with E-state index in [1.165, 1.54) is 13.8 Å². The van der Waals surface area contributed by atoms with E-state index in [9.17, 15) is 14.4 Å². The topological polar surface area (TPSA) is 89.9 Å². The number of Topliss-reactive ketones (excluding diaryl/α,β-unsaturated/α-hetero) is 1. The van der Waals surface area contributed by atoms with Gasteiger partial charge in [-0.25, -0.2) is 9.59 Å². The zero-order valence-corrected chi connectivity index (χ0v) is 17.4. The Labute approximate surface area is 173 Å². The Morgan fingerprint density at radius 1 is 1.25 bits per heavy atom. The van der Waals surface area contributed by atoms with E-state index in [0.717, 1.165) is 12.0 Å². The Kier molecular flexibility index (Phi) is 5.76. The second-order valence-electron chi connectivity index (χ2n) is 8.08. The summed E-state index contributed by atoms with van der Waals surface area (Å²) in [6.07, 6.45) is 0.681. The number of carboxylic acids is 1. The van der Waals surface area contributed by atoms with Crippen LogP contribution in [0.5, 0.6) is 0 Å². The minimum Gasteiger partial charge on any atom is -0.478 e. The van der Waals surface area contributed by atoms with Crippen LogP contribution < -0.4 is 0 Å². The number of carbonyl (C=O) groups is 3. The molecule has 1 saturated carbocycles. The van der Waals surface area contributed by atoms with Crippen LogP contribution in [0.15, 0.2) is 6.07 Å². The van der Waals surface area contributed by atoms with Crippen molar-refractivity contribution in [2.75, 3.05) is 0 Å². The summed E-state index contributed by atoms with van der Waals surface area (Å²) in [4.78, 5) is 35.7. The lowest BCUT2D eigenvalue weighted by molar-refractivity contribution is -0.182. The normalized spacial score (nSPS) is 24.8. The smallest absolute Gasteiger partial charge is 0.347 e. The van der Waals surface area contributed by atoms with E-state index in [0.29, 0.717) is 29.0 Å². The average molecular weight is 429 g/mol. The van der Waals surface area contributed by atoms with Crippen molar-refractivity contribution in [1.29, 1.82) is 0 Å². The third-order valence-electron chi connectivity index (χ3n) is 5.29. The van der Waals surface area contributed by atoms with Crippen molar-refractivity contribution in [3.8, 4) is 0 Å². The minimum atomic E-state index is -1.70. The Balaban J connectivity index is 1.92. The first kappa shape index (κ1) is 21.1. The molecule has 1 aliphatic carbocycles. The molecule has 152 valence electrons. The molecule has 1 aliphatic heterocycles. The number of hydrogen-bond donors (Lipinski definition) is 1. The molecule has 0 aromatic heterocycles. The quantitative estimate of drug-likeness (QED) is 0.712. The van der Waals surface area contributed by atoms with Gasteiger partial charge in [0.25, 0.3) is 0 Å². The lowest BCUT2D eigenvalue weighted by Gasteiger charge is -2.28. The molecule has 1 aromatic rings. The summed E-state index contributed by atoms with van der Waals surface area (Å²) >= 11 is 13.0. The zero-order valence-electron chi connectivity index (χ0n) is 15.9. The fourth-order valence-electron chi connectivity index (χ4n) is 3.84. The number of esters is 1. The summed E-state index contributed by atoms with van der Waals surface area (Å²) in [5.74, 6) is -1.66. The van der Waals surface area contributed by atoms with Crippen molar-refractivity contribution in [3.05, 3.63) is 32.8 Å². The number of halogens is 2. The molecule has 3 rings (SSSR count). The van der Waals surface area contributed by atoms with Crippen LogP contribution in [0.2, 0.25) is 10.0 Å².